The maximum Gasteiger partial charge on any atom is 0.223 e. The van der Waals surface area contributed by atoms with E-state index in [1.54, 1.807) is 0 Å². The number of imidazole rings is 1. The van der Waals surface area contributed by atoms with Gasteiger partial charge in [0.25, 0.3) is 0 Å². The number of rotatable bonds is 8. The van der Waals surface area contributed by atoms with Crippen molar-refractivity contribution in [3.05, 3.63) is 59.4 Å². The van der Waals surface area contributed by atoms with E-state index < -0.39 is 0 Å². The Morgan fingerprint density at radius 2 is 2.00 bits per heavy atom. The van der Waals surface area contributed by atoms with Gasteiger partial charge in [-0.05, 0) is 62.4 Å². The van der Waals surface area contributed by atoms with Gasteiger partial charge in [0.05, 0.1) is 24.2 Å². The van der Waals surface area contributed by atoms with Crippen LogP contribution in [0.4, 0.5) is 0 Å². The Bertz CT molecular complexity index is 989. The van der Waals surface area contributed by atoms with E-state index in [-0.39, 0.29) is 11.8 Å². The van der Waals surface area contributed by atoms with Gasteiger partial charge in [-0.2, -0.15) is 0 Å². The topological polar surface area (TPSA) is 56.1 Å². The molecule has 5 heteroatoms. The molecule has 1 saturated carbocycles. The van der Waals surface area contributed by atoms with Crippen molar-refractivity contribution in [2.24, 2.45) is 5.92 Å². The SMILES string of the molecule is Cc1cccc(OCCCn2c(CNC(=O)C3CC3)nc3ccccc32)c1C. The van der Waals surface area contributed by atoms with E-state index in [2.05, 4.69) is 35.9 Å². The van der Waals surface area contributed by atoms with E-state index in [4.69, 9.17) is 9.72 Å². The Kier molecular flexibility index (Phi) is 5.33. The van der Waals surface area contributed by atoms with Crippen LogP contribution in [0.2, 0.25) is 0 Å². The van der Waals surface area contributed by atoms with Gasteiger partial charge in [-0.3, -0.25) is 4.79 Å². The Morgan fingerprint density at radius 3 is 2.82 bits per heavy atom. The van der Waals surface area contributed by atoms with E-state index in [1.165, 1.54) is 11.1 Å². The molecule has 1 aromatic heterocycles. The zero-order valence-corrected chi connectivity index (χ0v) is 16.6. The third-order valence-electron chi connectivity index (χ3n) is 5.44. The lowest BCUT2D eigenvalue weighted by Crippen LogP contribution is -2.26. The lowest BCUT2D eigenvalue weighted by Gasteiger charge is -2.13. The third-order valence-corrected chi connectivity index (χ3v) is 5.44. The summed E-state index contributed by atoms with van der Waals surface area (Å²) in [5.41, 5.74) is 4.50. The van der Waals surface area contributed by atoms with Crippen molar-refractivity contribution in [1.82, 2.24) is 14.9 Å². The smallest absolute Gasteiger partial charge is 0.223 e. The van der Waals surface area contributed by atoms with Crippen LogP contribution < -0.4 is 10.1 Å². The summed E-state index contributed by atoms with van der Waals surface area (Å²) >= 11 is 0. The number of nitrogens with zero attached hydrogens (tertiary/aromatic N) is 2. The van der Waals surface area contributed by atoms with Crippen LogP contribution in [0, 0.1) is 19.8 Å². The van der Waals surface area contributed by atoms with Crippen LogP contribution in [-0.2, 0) is 17.9 Å². The molecule has 1 aliphatic carbocycles. The minimum atomic E-state index is 0.150. The molecule has 0 aliphatic heterocycles. The Hall–Kier alpha value is -2.82. The maximum absolute atomic E-state index is 12.0. The largest absolute Gasteiger partial charge is 0.493 e. The first-order valence-electron chi connectivity index (χ1n) is 10.0. The number of benzene rings is 2. The predicted molar refractivity (Wildman–Crippen MR) is 110 cm³/mol. The molecule has 0 saturated heterocycles. The van der Waals surface area contributed by atoms with Crippen molar-refractivity contribution in [2.75, 3.05) is 6.61 Å². The number of aryl methyl sites for hydroxylation is 2. The van der Waals surface area contributed by atoms with Gasteiger partial charge < -0.3 is 14.6 Å². The summed E-state index contributed by atoms with van der Waals surface area (Å²) in [5, 5.41) is 3.04. The minimum Gasteiger partial charge on any atom is -0.493 e. The molecule has 0 unspecified atom stereocenters. The molecule has 1 N–H and O–H groups in total. The molecule has 0 bridgehead atoms. The molecular weight excluding hydrogens is 350 g/mol. The number of para-hydroxylation sites is 2. The quantitative estimate of drug-likeness (QED) is 0.600. The normalized spacial score (nSPS) is 13.6. The maximum atomic E-state index is 12.0. The van der Waals surface area contributed by atoms with E-state index >= 15 is 0 Å². The number of fused-ring (bicyclic) bond motifs is 1. The van der Waals surface area contributed by atoms with E-state index in [1.807, 2.05) is 30.3 Å². The highest BCUT2D eigenvalue weighted by Crippen LogP contribution is 2.29. The first-order valence-corrected chi connectivity index (χ1v) is 10.0. The van der Waals surface area contributed by atoms with Crippen LogP contribution in [-0.4, -0.2) is 22.1 Å². The summed E-state index contributed by atoms with van der Waals surface area (Å²) in [6.07, 6.45) is 2.90. The summed E-state index contributed by atoms with van der Waals surface area (Å²) in [7, 11) is 0. The van der Waals surface area contributed by atoms with Crippen molar-refractivity contribution < 1.29 is 9.53 Å². The van der Waals surface area contributed by atoms with Gasteiger partial charge in [0.2, 0.25) is 5.91 Å². The molecule has 0 atom stereocenters. The molecule has 0 radical (unpaired) electrons. The van der Waals surface area contributed by atoms with Gasteiger partial charge in [0, 0.05) is 12.5 Å². The number of nitrogens with one attached hydrogen (secondary N) is 1. The molecule has 4 rings (SSSR count). The summed E-state index contributed by atoms with van der Waals surface area (Å²) in [6.45, 7) is 6.11. The van der Waals surface area contributed by atoms with Gasteiger partial charge >= 0.3 is 0 Å². The fraction of sp³-hybridized carbons (Fsp3) is 0.391. The summed E-state index contributed by atoms with van der Waals surface area (Å²) in [4.78, 5) is 16.7. The number of hydrogen-bond acceptors (Lipinski definition) is 3. The second-order valence-corrected chi connectivity index (χ2v) is 7.56. The minimum absolute atomic E-state index is 0.150. The monoisotopic (exact) mass is 377 g/mol. The van der Waals surface area contributed by atoms with E-state index in [0.29, 0.717) is 13.2 Å². The van der Waals surface area contributed by atoms with Crippen molar-refractivity contribution in [3.63, 3.8) is 0 Å². The van der Waals surface area contributed by atoms with Crippen LogP contribution in [0.1, 0.15) is 36.2 Å². The van der Waals surface area contributed by atoms with Gasteiger partial charge in [0.1, 0.15) is 11.6 Å². The highest BCUT2D eigenvalue weighted by Gasteiger charge is 2.29. The summed E-state index contributed by atoms with van der Waals surface area (Å²) < 4.78 is 8.21. The third kappa shape index (κ3) is 4.03. The standard InChI is InChI=1S/C23H27N3O2/c1-16-7-5-10-21(17(16)2)28-14-6-13-26-20-9-4-3-8-19(20)25-22(26)15-24-23(27)18-11-12-18/h3-5,7-10,18H,6,11-15H2,1-2H3,(H,24,27). The van der Waals surface area contributed by atoms with Crippen LogP contribution in [0.25, 0.3) is 11.0 Å². The molecule has 28 heavy (non-hydrogen) atoms. The first kappa shape index (κ1) is 18.5. The molecular formula is C23H27N3O2. The molecule has 5 nitrogen and oxygen atoms in total. The van der Waals surface area contributed by atoms with Crippen LogP contribution in [0.3, 0.4) is 0 Å². The Labute approximate surface area is 165 Å². The van der Waals surface area contributed by atoms with Crippen molar-refractivity contribution in [2.45, 2.75) is 46.2 Å². The average Bonchev–Trinajstić information content (AvgIpc) is 3.49. The summed E-state index contributed by atoms with van der Waals surface area (Å²) in [6, 6.07) is 14.3. The lowest BCUT2D eigenvalue weighted by molar-refractivity contribution is -0.122. The van der Waals surface area contributed by atoms with Crippen LogP contribution in [0.15, 0.2) is 42.5 Å². The fourth-order valence-corrected chi connectivity index (χ4v) is 3.45. The molecule has 1 heterocycles. The number of hydrogen-bond donors (Lipinski definition) is 1. The average molecular weight is 377 g/mol. The molecule has 3 aromatic rings. The first-order chi connectivity index (χ1) is 13.6. The van der Waals surface area contributed by atoms with Gasteiger partial charge in [-0.1, -0.05) is 24.3 Å². The van der Waals surface area contributed by atoms with Crippen molar-refractivity contribution in [3.8, 4) is 5.75 Å². The molecule has 146 valence electrons. The van der Waals surface area contributed by atoms with E-state index in [0.717, 1.165) is 48.4 Å². The Morgan fingerprint density at radius 1 is 1.18 bits per heavy atom. The fourth-order valence-electron chi connectivity index (χ4n) is 3.45. The van der Waals surface area contributed by atoms with Crippen LogP contribution in [0.5, 0.6) is 5.75 Å². The van der Waals surface area contributed by atoms with Crippen molar-refractivity contribution >= 4 is 16.9 Å². The summed E-state index contributed by atoms with van der Waals surface area (Å²) in [5.74, 6) is 2.22. The number of carbonyl (C=O) groups excluding carboxylic acids is 1. The molecule has 1 aliphatic rings. The molecule has 1 amide bonds. The highest BCUT2D eigenvalue weighted by molar-refractivity contribution is 5.81. The Balaban J connectivity index is 1.42. The number of amides is 1. The van der Waals surface area contributed by atoms with E-state index in [9.17, 15) is 4.79 Å². The molecule has 0 spiro atoms. The zero-order chi connectivity index (χ0) is 19.5. The molecule has 1 fully saturated rings. The van der Waals surface area contributed by atoms with Gasteiger partial charge in [-0.15, -0.1) is 0 Å². The lowest BCUT2D eigenvalue weighted by atomic mass is 10.1. The highest BCUT2D eigenvalue weighted by atomic mass is 16.5. The number of carbonyl (C=O) groups is 1. The second-order valence-electron chi connectivity index (χ2n) is 7.56. The van der Waals surface area contributed by atoms with Crippen LogP contribution >= 0.6 is 0 Å². The molecule has 2 aromatic carbocycles. The number of ether oxygens (including phenoxy) is 1. The zero-order valence-electron chi connectivity index (χ0n) is 16.6. The predicted octanol–water partition coefficient (Wildman–Crippen LogP) is 4.15. The second kappa shape index (κ2) is 8.05. The van der Waals surface area contributed by atoms with Gasteiger partial charge in [0.15, 0.2) is 0 Å². The number of aromatic nitrogens is 2. The van der Waals surface area contributed by atoms with Crippen molar-refractivity contribution in [1.29, 1.82) is 0 Å². The van der Waals surface area contributed by atoms with Gasteiger partial charge in [-0.25, -0.2) is 4.98 Å².